The molecule has 28 heavy (non-hydrogen) atoms. The molecule has 0 fully saturated rings. The lowest BCUT2D eigenvalue weighted by molar-refractivity contribution is 0.279. The topological polar surface area (TPSA) is 110 Å². The van der Waals surface area contributed by atoms with Crippen LogP contribution in [0.2, 0.25) is 0 Å². The van der Waals surface area contributed by atoms with E-state index in [-0.39, 0.29) is 11.4 Å². The predicted octanol–water partition coefficient (Wildman–Crippen LogP) is 2.21. The molecule has 2 aromatic carbocycles. The molecule has 7 nitrogen and oxygen atoms in total. The highest BCUT2D eigenvalue weighted by atomic mass is 16.5. The van der Waals surface area contributed by atoms with E-state index in [1.807, 2.05) is 56.6 Å². The third-order valence-electron chi connectivity index (χ3n) is 3.99. The Hall–Kier alpha value is -3.21. The number of hydrazine groups is 1. The Morgan fingerprint density at radius 1 is 1.11 bits per heavy atom. The fourth-order valence-electron chi connectivity index (χ4n) is 2.53. The second-order valence-corrected chi connectivity index (χ2v) is 6.51. The molecule has 2 aromatic rings. The van der Waals surface area contributed by atoms with Crippen LogP contribution in [-0.4, -0.2) is 32.1 Å². The first-order valence-corrected chi connectivity index (χ1v) is 8.99. The molecule has 5 N–H and O–H groups in total. The summed E-state index contributed by atoms with van der Waals surface area (Å²) >= 11 is 0. The maximum Gasteiger partial charge on any atom is 0.151 e. The molecule has 0 amide bonds. The number of nitrogens with zero attached hydrogens (tertiary/aromatic N) is 2. The molecule has 0 aliphatic carbocycles. The summed E-state index contributed by atoms with van der Waals surface area (Å²) in [6.45, 7) is 2.05. The van der Waals surface area contributed by atoms with Gasteiger partial charge in [0.2, 0.25) is 0 Å². The van der Waals surface area contributed by atoms with Crippen LogP contribution in [0.3, 0.4) is 0 Å². The summed E-state index contributed by atoms with van der Waals surface area (Å²) in [4.78, 5) is 2.13. The van der Waals surface area contributed by atoms with Crippen molar-refractivity contribution < 1.29 is 9.47 Å². The smallest absolute Gasteiger partial charge is 0.151 e. The molecule has 0 aliphatic rings. The maximum absolute atomic E-state index is 9.03. The lowest BCUT2D eigenvalue weighted by Gasteiger charge is -2.12. The quantitative estimate of drug-likeness (QED) is 0.250. The minimum Gasteiger partial charge on any atom is -0.494 e. The number of hydrogen-bond donors (Lipinski definition) is 3. The van der Waals surface area contributed by atoms with Crippen molar-refractivity contribution in [2.75, 3.05) is 27.2 Å². The first kappa shape index (κ1) is 21.1. The van der Waals surface area contributed by atoms with Crippen molar-refractivity contribution in [3.63, 3.8) is 0 Å². The van der Waals surface area contributed by atoms with Gasteiger partial charge in [-0.25, -0.2) is 5.84 Å². The molecule has 0 heterocycles. The van der Waals surface area contributed by atoms with Gasteiger partial charge in [-0.05, 0) is 50.3 Å². The number of rotatable bonds is 10. The van der Waals surface area contributed by atoms with Crippen molar-refractivity contribution in [3.05, 3.63) is 65.4 Å². The fraction of sp³-hybridized carbons (Fsp3) is 0.286. The van der Waals surface area contributed by atoms with Gasteiger partial charge in [0, 0.05) is 12.1 Å². The number of nitriles is 1. The third kappa shape index (κ3) is 6.50. The summed E-state index contributed by atoms with van der Waals surface area (Å²) in [6, 6.07) is 17.0. The van der Waals surface area contributed by atoms with Crippen LogP contribution in [-0.2, 0) is 6.61 Å². The summed E-state index contributed by atoms with van der Waals surface area (Å²) in [6.07, 6.45) is 0.970. The van der Waals surface area contributed by atoms with Gasteiger partial charge in [-0.2, -0.15) is 5.26 Å². The van der Waals surface area contributed by atoms with Gasteiger partial charge in [0.15, 0.2) is 5.70 Å². The zero-order valence-corrected chi connectivity index (χ0v) is 16.3. The molecule has 0 aliphatic heterocycles. The molecule has 0 atom stereocenters. The highest BCUT2D eigenvalue weighted by Gasteiger charge is 2.06. The van der Waals surface area contributed by atoms with Crippen molar-refractivity contribution in [2.45, 2.75) is 13.0 Å². The number of benzene rings is 2. The minimum atomic E-state index is 0.108. The van der Waals surface area contributed by atoms with Gasteiger partial charge < -0.3 is 25.5 Å². The van der Waals surface area contributed by atoms with E-state index in [0.29, 0.717) is 24.5 Å². The summed E-state index contributed by atoms with van der Waals surface area (Å²) < 4.78 is 11.7. The highest BCUT2D eigenvalue weighted by Crippen LogP contribution is 2.21. The second-order valence-electron chi connectivity index (χ2n) is 6.51. The van der Waals surface area contributed by atoms with E-state index >= 15 is 0 Å². The zero-order chi connectivity index (χ0) is 20.4. The summed E-state index contributed by atoms with van der Waals surface area (Å²) in [5.74, 6) is 6.78. The lowest BCUT2D eigenvalue weighted by atomic mass is 10.1. The first-order chi connectivity index (χ1) is 13.5. The average molecular weight is 381 g/mol. The molecule has 0 aromatic heterocycles. The van der Waals surface area contributed by atoms with Gasteiger partial charge in [0.25, 0.3) is 0 Å². The highest BCUT2D eigenvalue weighted by molar-refractivity contribution is 5.69. The predicted molar refractivity (Wildman–Crippen MR) is 110 cm³/mol. The van der Waals surface area contributed by atoms with Crippen LogP contribution >= 0.6 is 0 Å². The van der Waals surface area contributed by atoms with Gasteiger partial charge >= 0.3 is 0 Å². The molecular formula is C21H27N5O2. The number of allylic oxidation sites excluding steroid dienone is 1. The standard InChI is InChI=1S/C21H27N5O2/c1-26(2)10-5-11-27-18-8-3-6-16(12-18)15-28-19-9-4-7-17(13-19)21(23)20(14-22)25-24/h3-4,6-9,12-13,25H,5,10-11,15,23-24H2,1-2H3/b21-20-. The monoisotopic (exact) mass is 381 g/mol. The van der Waals surface area contributed by atoms with E-state index in [2.05, 4.69) is 10.3 Å². The Morgan fingerprint density at radius 3 is 2.50 bits per heavy atom. The summed E-state index contributed by atoms with van der Waals surface area (Å²) in [5.41, 5.74) is 10.3. The van der Waals surface area contributed by atoms with E-state index in [1.165, 1.54) is 0 Å². The van der Waals surface area contributed by atoms with Crippen LogP contribution < -0.4 is 26.5 Å². The second kappa shape index (κ2) is 10.8. The van der Waals surface area contributed by atoms with E-state index in [4.69, 9.17) is 26.3 Å². The van der Waals surface area contributed by atoms with Gasteiger partial charge in [-0.3, -0.25) is 0 Å². The molecule has 7 heteroatoms. The average Bonchev–Trinajstić information content (AvgIpc) is 2.71. The van der Waals surface area contributed by atoms with Crippen LogP contribution in [0, 0.1) is 11.3 Å². The number of nitrogens with one attached hydrogen (secondary N) is 1. The maximum atomic E-state index is 9.03. The molecule has 0 radical (unpaired) electrons. The Balaban J connectivity index is 1.97. The van der Waals surface area contributed by atoms with E-state index in [0.717, 1.165) is 24.3 Å². The Labute approximate surface area is 166 Å². The fourth-order valence-corrected chi connectivity index (χ4v) is 2.53. The van der Waals surface area contributed by atoms with Crippen LogP contribution in [0.1, 0.15) is 17.5 Å². The van der Waals surface area contributed by atoms with E-state index in [1.54, 1.807) is 12.1 Å². The van der Waals surface area contributed by atoms with Gasteiger partial charge in [-0.15, -0.1) is 0 Å². The Bertz CT molecular complexity index is 843. The molecule has 0 saturated carbocycles. The zero-order valence-electron chi connectivity index (χ0n) is 16.3. The molecule has 0 saturated heterocycles. The van der Waals surface area contributed by atoms with Gasteiger partial charge in [-0.1, -0.05) is 24.3 Å². The van der Waals surface area contributed by atoms with Crippen molar-refractivity contribution in [3.8, 4) is 17.6 Å². The number of ether oxygens (including phenoxy) is 2. The van der Waals surface area contributed by atoms with Crippen molar-refractivity contribution in [1.82, 2.24) is 10.3 Å². The van der Waals surface area contributed by atoms with Crippen LogP contribution in [0.4, 0.5) is 0 Å². The van der Waals surface area contributed by atoms with Crippen molar-refractivity contribution >= 4 is 5.70 Å². The van der Waals surface area contributed by atoms with Gasteiger partial charge in [0.05, 0.1) is 12.3 Å². The normalized spacial score (nSPS) is 11.5. The van der Waals surface area contributed by atoms with Crippen LogP contribution in [0.25, 0.3) is 5.70 Å². The third-order valence-corrected chi connectivity index (χ3v) is 3.99. The molecule has 0 unspecified atom stereocenters. The molecule has 2 rings (SSSR count). The minimum absolute atomic E-state index is 0.108. The van der Waals surface area contributed by atoms with E-state index < -0.39 is 0 Å². The summed E-state index contributed by atoms with van der Waals surface area (Å²) in [7, 11) is 4.09. The van der Waals surface area contributed by atoms with E-state index in [9.17, 15) is 0 Å². The largest absolute Gasteiger partial charge is 0.494 e. The molecule has 0 bridgehead atoms. The van der Waals surface area contributed by atoms with Gasteiger partial charge in [0.1, 0.15) is 24.2 Å². The number of nitrogens with two attached hydrogens (primary N) is 2. The van der Waals surface area contributed by atoms with Crippen LogP contribution in [0.15, 0.2) is 54.2 Å². The SMILES string of the molecule is CN(C)CCCOc1cccc(COc2cccc(/C(N)=C(\C#N)NN)c2)c1. The Morgan fingerprint density at radius 2 is 1.82 bits per heavy atom. The molecule has 0 spiro atoms. The lowest BCUT2D eigenvalue weighted by Crippen LogP contribution is -2.23. The number of hydrogen-bond acceptors (Lipinski definition) is 7. The van der Waals surface area contributed by atoms with Crippen molar-refractivity contribution in [2.24, 2.45) is 11.6 Å². The molecular weight excluding hydrogens is 354 g/mol. The van der Waals surface area contributed by atoms with Crippen LogP contribution in [0.5, 0.6) is 11.5 Å². The Kier molecular flexibility index (Phi) is 8.15. The molecule has 148 valence electrons. The first-order valence-electron chi connectivity index (χ1n) is 8.99. The van der Waals surface area contributed by atoms with Crippen molar-refractivity contribution in [1.29, 1.82) is 5.26 Å². The summed E-state index contributed by atoms with van der Waals surface area (Å²) in [5, 5.41) is 9.03.